The summed E-state index contributed by atoms with van der Waals surface area (Å²) in [5, 5.41) is 2.87. The summed E-state index contributed by atoms with van der Waals surface area (Å²) in [5.41, 5.74) is 6.52. The van der Waals surface area contributed by atoms with Gasteiger partial charge in [0.2, 0.25) is 0 Å². The van der Waals surface area contributed by atoms with Crippen molar-refractivity contribution in [2.45, 2.75) is 13.8 Å². The van der Waals surface area contributed by atoms with Gasteiger partial charge in [0.05, 0.1) is 19.6 Å². The quantitative estimate of drug-likeness (QED) is 0.256. The molecule has 6 heteroatoms. The van der Waals surface area contributed by atoms with Gasteiger partial charge >= 0.3 is 5.97 Å². The highest BCUT2D eigenvalue weighted by atomic mass is 127. The summed E-state index contributed by atoms with van der Waals surface area (Å²) in [6.45, 7) is 8.25. The SMILES string of the molecule is C=C(C)CNC(N)=NCC(C)C(=O)OC.I. The van der Waals surface area contributed by atoms with Crippen molar-refractivity contribution in [3.05, 3.63) is 12.2 Å². The number of methoxy groups -OCH3 is 1. The predicted molar refractivity (Wildman–Crippen MR) is 75.9 cm³/mol. The summed E-state index contributed by atoms with van der Waals surface area (Å²) in [7, 11) is 1.35. The third-order valence-electron chi connectivity index (χ3n) is 1.71. The van der Waals surface area contributed by atoms with Gasteiger partial charge in [-0.3, -0.25) is 9.79 Å². The molecular weight excluding hydrogens is 321 g/mol. The number of hydrogen-bond acceptors (Lipinski definition) is 3. The molecule has 0 aromatic heterocycles. The molecule has 0 rings (SSSR count). The Hall–Kier alpha value is -0.790. The van der Waals surface area contributed by atoms with E-state index in [2.05, 4.69) is 21.6 Å². The van der Waals surface area contributed by atoms with Gasteiger partial charge in [-0.15, -0.1) is 24.0 Å². The zero-order valence-electron chi connectivity index (χ0n) is 9.95. The standard InChI is InChI=1S/C10H19N3O2.HI/c1-7(2)5-12-10(11)13-6-8(3)9(14)15-4;/h8H,1,5-6H2,2-4H3,(H3,11,12,13);1H. The van der Waals surface area contributed by atoms with E-state index in [0.29, 0.717) is 19.0 Å². The Morgan fingerprint density at radius 3 is 2.62 bits per heavy atom. The fourth-order valence-corrected chi connectivity index (χ4v) is 0.808. The molecule has 0 aromatic rings. The van der Waals surface area contributed by atoms with E-state index >= 15 is 0 Å². The number of aliphatic imine (C=N–C) groups is 1. The van der Waals surface area contributed by atoms with E-state index in [-0.39, 0.29) is 35.9 Å². The van der Waals surface area contributed by atoms with E-state index in [1.54, 1.807) is 6.92 Å². The summed E-state index contributed by atoms with van der Waals surface area (Å²) < 4.78 is 4.56. The number of esters is 1. The molecule has 0 spiro atoms. The van der Waals surface area contributed by atoms with Gasteiger partial charge in [-0.05, 0) is 6.92 Å². The fraction of sp³-hybridized carbons (Fsp3) is 0.600. The van der Waals surface area contributed by atoms with Gasteiger partial charge in [-0.25, -0.2) is 0 Å². The van der Waals surface area contributed by atoms with Crippen LogP contribution in [0.25, 0.3) is 0 Å². The fourth-order valence-electron chi connectivity index (χ4n) is 0.808. The molecule has 0 aromatic carbocycles. The van der Waals surface area contributed by atoms with Crippen molar-refractivity contribution in [3.8, 4) is 0 Å². The van der Waals surface area contributed by atoms with Crippen LogP contribution in [-0.2, 0) is 9.53 Å². The lowest BCUT2D eigenvalue weighted by Crippen LogP contribution is -2.33. The second-order valence-corrected chi connectivity index (χ2v) is 3.46. The van der Waals surface area contributed by atoms with Crippen LogP contribution in [0.4, 0.5) is 0 Å². The first-order chi connectivity index (χ1) is 6.97. The van der Waals surface area contributed by atoms with Crippen LogP contribution in [0.15, 0.2) is 17.1 Å². The van der Waals surface area contributed by atoms with Crippen LogP contribution in [0, 0.1) is 5.92 Å². The topological polar surface area (TPSA) is 76.7 Å². The number of halogens is 1. The maximum absolute atomic E-state index is 11.0. The molecule has 1 unspecified atom stereocenters. The van der Waals surface area contributed by atoms with Crippen molar-refractivity contribution >= 4 is 35.9 Å². The monoisotopic (exact) mass is 341 g/mol. The number of nitrogens with zero attached hydrogens (tertiary/aromatic N) is 1. The third kappa shape index (κ3) is 8.51. The molecule has 94 valence electrons. The van der Waals surface area contributed by atoms with Crippen molar-refractivity contribution in [2.24, 2.45) is 16.6 Å². The highest BCUT2D eigenvalue weighted by Gasteiger charge is 2.11. The van der Waals surface area contributed by atoms with Gasteiger partial charge in [-0.2, -0.15) is 0 Å². The molecule has 0 heterocycles. The first kappa shape index (κ1) is 17.6. The lowest BCUT2D eigenvalue weighted by atomic mass is 10.2. The Morgan fingerprint density at radius 1 is 1.62 bits per heavy atom. The van der Waals surface area contributed by atoms with Crippen LogP contribution >= 0.6 is 24.0 Å². The smallest absolute Gasteiger partial charge is 0.310 e. The number of nitrogens with two attached hydrogens (primary N) is 1. The lowest BCUT2D eigenvalue weighted by Gasteiger charge is -2.07. The number of guanidine groups is 1. The molecule has 5 nitrogen and oxygen atoms in total. The Balaban J connectivity index is 0. The molecule has 0 amide bonds. The van der Waals surface area contributed by atoms with Crippen LogP contribution in [0.2, 0.25) is 0 Å². The molecule has 16 heavy (non-hydrogen) atoms. The van der Waals surface area contributed by atoms with Crippen molar-refractivity contribution in [1.29, 1.82) is 0 Å². The van der Waals surface area contributed by atoms with Crippen molar-refractivity contribution in [1.82, 2.24) is 5.32 Å². The van der Waals surface area contributed by atoms with E-state index < -0.39 is 0 Å². The van der Waals surface area contributed by atoms with E-state index in [9.17, 15) is 4.79 Å². The molecule has 0 radical (unpaired) electrons. The van der Waals surface area contributed by atoms with Crippen LogP contribution < -0.4 is 11.1 Å². The normalized spacial score (nSPS) is 12.3. The molecule has 0 saturated heterocycles. The van der Waals surface area contributed by atoms with Crippen molar-refractivity contribution < 1.29 is 9.53 Å². The maximum Gasteiger partial charge on any atom is 0.310 e. The highest BCUT2D eigenvalue weighted by molar-refractivity contribution is 14.0. The number of carbonyl (C=O) groups excluding carboxylic acids is 1. The summed E-state index contributed by atoms with van der Waals surface area (Å²) in [4.78, 5) is 15.0. The Morgan fingerprint density at radius 2 is 2.19 bits per heavy atom. The number of ether oxygens (including phenoxy) is 1. The minimum Gasteiger partial charge on any atom is -0.469 e. The molecule has 0 saturated carbocycles. The van der Waals surface area contributed by atoms with E-state index in [1.807, 2.05) is 6.92 Å². The second-order valence-electron chi connectivity index (χ2n) is 3.46. The van der Waals surface area contributed by atoms with Gasteiger partial charge in [0.15, 0.2) is 5.96 Å². The van der Waals surface area contributed by atoms with Gasteiger partial charge in [0, 0.05) is 6.54 Å². The number of nitrogens with one attached hydrogen (secondary N) is 1. The van der Waals surface area contributed by atoms with Crippen LogP contribution in [0.5, 0.6) is 0 Å². The van der Waals surface area contributed by atoms with Crippen LogP contribution in [0.3, 0.4) is 0 Å². The largest absolute Gasteiger partial charge is 0.469 e. The van der Waals surface area contributed by atoms with Gasteiger partial charge in [-0.1, -0.05) is 19.1 Å². The highest BCUT2D eigenvalue weighted by Crippen LogP contribution is 1.97. The third-order valence-corrected chi connectivity index (χ3v) is 1.71. The lowest BCUT2D eigenvalue weighted by molar-refractivity contribution is -0.144. The van der Waals surface area contributed by atoms with Gasteiger partial charge in [0.1, 0.15) is 0 Å². The number of hydrogen-bond donors (Lipinski definition) is 2. The molecule has 1 atom stereocenters. The zero-order chi connectivity index (χ0) is 11.8. The molecule has 3 N–H and O–H groups in total. The van der Waals surface area contributed by atoms with Crippen molar-refractivity contribution in [2.75, 3.05) is 20.2 Å². The summed E-state index contributed by atoms with van der Waals surface area (Å²) in [5.74, 6) is -0.250. The average Bonchev–Trinajstić information content (AvgIpc) is 2.21. The van der Waals surface area contributed by atoms with Crippen LogP contribution in [-0.4, -0.2) is 32.1 Å². The van der Waals surface area contributed by atoms with Gasteiger partial charge < -0.3 is 15.8 Å². The van der Waals surface area contributed by atoms with Gasteiger partial charge in [0.25, 0.3) is 0 Å². The molecule has 0 fully saturated rings. The Labute approximate surface area is 114 Å². The number of carbonyl (C=O) groups is 1. The predicted octanol–water partition coefficient (Wildman–Crippen LogP) is 0.894. The Kier molecular flexibility index (Phi) is 10.4. The first-order valence-corrected chi connectivity index (χ1v) is 4.73. The minimum atomic E-state index is -0.286. The Bertz CT molecular complexity index is 267. The molecule has 0 aliphatic heterocycles. The molecule has 0 aliphatic rings. The summed E-state index contributed by atoms with van der Waals surface area (Å²) in [6.07, 6.45) is 0. The molecular formula is C10H20IN3O2. The molecule has 0 aliphatic carbocycles. The van der Waals surface area contributed by atoms with E-state index in [1.165, 1.54) is 7.11 Å². The van der Waals surface area contributed by atoms with E-state index in [0.717, 1.165) is 5.57 Å². The first-order valence-electron chi connectivity index (χ1n) is 4.73. The maximum atomic E-state index is 11.0. The zero-order valence-corrected chi connectivity index (χ0v) is 12.3. The van der Waals surface area contributed by atoms with Crippen molar-refractivity contribution in [3.63, 3.8) is 0 Å². The van der Waals surface area contributed by atoms with Crippen LogP contribution in [0.1, 0.15) is 13.8 Å². The summed E-state index contributed by atoms with van der Waals surface area (Å²) in [6, 6.07) is 0. The minimum absolute atomic E-state index is 0. The van der Waals surface area contributed by atoms with E-state index in [4.69, 9.17) is 5.73 Å². The summed E-state index contributed by atoms with van der Waals surface area (Å²) >= 11 is 0. The second kappa shape index (κ2) is 9.44. The number of rotatable bonds is 5. The average molecular weight is 341 g/mol. The molecule has 0 bridgehead atoms.